The number of thiophene rings is 2. The fourth-order valence-electron chi connectivity index (χ4n) is 2.47. The minimum Gasteiger partial charge on any atom is -1.00 e. The van der Waals surface area contributed by atoms with Crippen LogP contribution in [-0.2, 0) is 19.5 Å². The molecule has 4 aromatic rings. The SMILES string of the molecule is Fc1ccc(-c2ccc(-c3ccc(-c4cc[c-]s4)s3)cc2)cc1.[Cl-].[Zn+2]. The van der Waals surface area contributed by atoms with Crippen molar-refractivity contribution in [1.82, 2.24) is 0 Å². The van der Waals surface area contributed by atoms with Crippen molar-refractivity contribution in [2.24, 2.45) is 0 Å². The first-order valence-corrected chi connectivity index (χ1v) is 8.85. The molecule has 0 saturated carbocycles. The molecule has 0 aliphatic rings. The van der Waals surface area contributed by atoms with E-state index in [0.29, 0.717) is 0 Å². The average Bonchev–Trinajstić information content (AvgIpc) is 3.27. The summed E-state index contributed by atoms with van der Waals surface area (Å²) in [5.74, 6) is -0.206. The summed E-state index contributed by atoms with van der Waals surface area (Å²) >= 11 is 3.43. The van der Waals surface area contributed by atoms with Gasteiger partial charge in [0.2, 0.25) is 0 Å². The van der Waals surface area contributed by atoms with Crippen LogP contribution < -0.4 is 12.4 Å². The van der Waals surface area contributed by atoms with Crippen molar-refractivity contribution < 1.29 is 36.3 Å². The van der Waals surface area contributed by atoms with Crippen LogP contribution >= 0.6 is 22.7 Å². The van der Waals surface area contributed by atoms with Crippen LogP contribution in [0.5, 0.6) is 0 Å². The maximum absolute atomic E-state index is 13.0. The van der Waals surface area contributed by atoms with Gasteiger partial charge < -0.3 is 12.4 Å². The molecule has 0 unspecified atom stereocenters. The molecule has 0 aliphatic carbocycles. The summed E-state index contributed by atoms with van der Waals surface area (Å²) in [6.07, 6.45) is 0. The summed E-state index contributed by atoms with van der Waals surface area (Å²) in [5, 5.41) is 3.13. The monoisotopic (exact) mass is 434 g/mol. The van der Waals surface area contributed by atoms with Gasteiger partial charge in [-0.1, -0.05) is 42.5 Å². The van der Waals surface area contributed by atoms with E-state index in [9.17, 15) is 4.39 Å². The second-order valence-corrected chi connectivity index (χ2v) is 7.13. The molecule has 5 heteroatoms. The van der Waals surface area contributed by atoms with Crippen LogP contribution in [0.25, 0.3) is 31.3 Å². The van der Waals surface area contributed by atoms with Crippen molar-refractivity contribution >= 4 is 22.7 Å². The number of hydrogen-bond acceptors (Lipinski definition) is 2. The van der Waals surface area contributed by atoms with E-state index in [0.717, 1.165) is 11.1 Å². The molecule has 0 N–H and O–H groups in total. The largest absolute Gasteiger partial charge is 2.00 e. The fourth-order valence-corrected chi connectivity index (χ4v) is 4.22. The third kappa shape index (κ3) is 4.45. The maximum atomic E-state index is 13.0. The molecule has 2 aromatic heterocycles. The minimum absolute atomic E-state index is 0. The summed E-state index contributed by atoms with van der Waals surface area (Å²) in [5.41, 5.74) is 3.32. The van der Waals surface area contributed by atoms with E-state index in [-0.39, 0.29) is 37.7 Å². The van der Waals surface area contributed by atoms with Crippen LogP contribution in [0.2, 0.25) is 0 Å². The molecule has 0 amide bonds. The van der Waals surface area contributed by atoms with Crippen LogP contribution in [-0.4, -0.2) is 0 Å². The van der Waals surface area contributed by atoms with Gasteiger partial charge in [0.05, 0.1) is 0 Å². The zero-order chi connectivity index (χ0) is 15.6. The third-order valence-corrected chi connectivity index (χ3v) is 5.79. The predicted molar refractivity (Wildman–Crippen MR) is 97.3 cm³/mol. The van der Waals surface area contributed by atoms with Crippen LogP contribution in [0.15, 0.2) is 72.8 Å². The number of hydrogen-bond donors (Lipinski definition) is 0. The fraction of sp³-hybridized carbons (Fsp3) is 0. The van der Waals surface area contributed by atoms with E-state index in [1.165, 1.54) is 32.3 Å². The zero-order valence-electron chi connectivity index (χ0n) is 13.2. The summed E-state index contributed by atoms with van der Waals surface area (Å²) in [6.45, 7) is 0. The van der Waals surface area contributed by atoms with Crippen molar-refractivity contribution in [1.29, 1.82) is 0 Å². The van der Waals surface area contributed by atoms with Crippen molar-refractivity contribution in [2.75, 3.05) is 0 Å². The Morgan fingerprint density at radius 2 is 1.20 bits per heavy atom. The van der Waals surface area contributed by atoms with Gasteiger partial charge in [-0.3, -0.25) is 11.3 Å². The Labute approximate surface area is 173 Å². The van der Waals surface area contributed by atoms with Crippen molar-refractivity contribution in [2.45, 2.75) is 0 Å². The molecule has 2 aromatic carbocycles. The van der Waals surface area contributed by atoms with E-state index in [2.05, 4.69) is 47.8 Å². The van der Waals surface area contributed by atoms with Gasteiger partial charge in [0.25, 0.3) is 0 Å². The second-order valence-electron chi connectivity index (χ2n) is 5.17. The van der Waals surface area contributed by atoms with Gasteiger partial charge in [0, 0.05) is 4.88 Å². The van der Waals surface area contributed by atoms with Crippen LogP contribution in [0.3, 0.4) is 0 Å². The molecule has 0 nitrogen and oxygen atoms in total. The Morgan fingerprint density at radius 1 is 0.640 bits per heavy atom. The Kier molecular flexibility index (Phi) is 7.09. The standard InChI is InChI=1S/C20H12FS2.ClH.Zn/c21-17-9-7-15(8-10-17)14-3-5-16(6-4-14)18-11-12-20(23-18)19-2-1-13-22-19;;/h1-12H;1H;/q-1;;+2/p-1. The Hall–Kier alpha value is -1.32. The molecular weight excluding hydrogens is 424 g/mol. The maximum Gasteiger partial charge on any atom is 2.00 e. The number of rotatable bonds is 3. The summed E-state index contributed by atoms with van der Waals surface area (Å²) in [6, 6.07) is 23.4. The second kappa shape index (κ2) is 8.87. The molecule has 0 bridgehead atoms. The number of halogens is 2. The first-order chi connectivity index (χ1) is 11.3. The summed E-state index contributed by atoms with van der Waals surface area (Å²) in [4.78, 5) is 3.78. The summed E-state index contributed by atoms with van der Waals surface area (Å²) in [7, 11) is 0. The molecule has 120 valence electrons. The normalized spacial score (nSPS) is 9.96. The Morgan fingerprint density at radius 3 is 1.80 bits per heavy atom. The molecule has 2 heterocycles. The number of benzene rings is 2. The van der Waals surface area contributed by atoms with E-state index in [1.54, 1.807) is 34.8 Å². The Balaban J connectivity index is 0.00000113. The van der Waals surface area contributed by atoms with Gasteiger partial charge in [-0.05, 0) is 39.8 Å². The average molecular weight is 436 g/mol. The molecule has 0 fully saturated rings. The molecule has 0 radical (unpaired) electrons. The van der Waals surface area contributed by atoms with Crippen molar-refractivity contribution in [3.05, 3.63) is 84.0 Å². The van der Waals surface area contributed by atoms with Crippen molar-refractivity contribution in [3.63, 3.8) is 0 Å². The van der Waals surface area contributed by atoms with Gasteiger partial charge in [-0.25, -0.2) is 4.39 Å². The Bertz CT molecular complexity index is 913. The van der Waals surface area contributed by atoms with Gasteiger partial charge >= 0.3 is 19.5 Å². The van der Waals surface area contributed by atoms with Crippen LogP contribution in [0.1, 0.15) is 0 Å². The molecule has 25 heavy (non-hydrogen) atoms. The molecule has 0 spiro atoms. The third-order valence-electron chi connectivity index (χ3n) is 3.67. The smallest absolute Gasteiger partial charge is 1.00 e. The molecule has 4 rings (SSSR count). The minimum atomic E-state index is -0.206. The van der Waals surface area contributed by atoms with Gasteiger partial charge in [0.15, 0.2) is 0 Å². The van der Waals surface area contributed by atoms with E-state index in [4.69, 9.17) is 0 Å². The summed E-state index contributed by atoms with van der Waals surface area (Å²) < 4.78 is 13.0. The quantitative estimate of drug-likeness (QED) is 0.339. The van der Waals surface area contributed by atoms with Gasteiger partial charge in [-0.15, -0.1) is 21.6 Å². The molecule has 0 atom stereocenters. The van der Waals surface area contributed by atoms with E-state index in [1.807, 2.05) is 6.07 Å². The zero-order valence-corrected chi connectivity index (χ0v) is 18.6. The van der Waals surface area contributed by atoms with Crippen molar-refractivity contribution in [3.8, 4) is 31.3 Å². The van der Waals surface area contributed by atoms with E-state index >= 15 is 0 Å². The molecule has 0 saturated heterocycles. The first kappa shape index (κ1) is 20.0. The van der Waals surface area contributed by atoms with E-state index < -0.39 is 0 Å². The molecule has 0 aliphatic heterocycles. The van der Waals surface area contributed by atoms with Gasteiger partial charge in [0.1, 0.15) is 5.82 Å². The first-order valence-electron chi connectivity index (χ1n) is 7.22. The molecular formula is C20H12ClFS2Zn. The van der Waals surface area contributed by atoms with Crippen LogP contribution in [0.4, 0.5) is 4.39 Å². The van der Waals surface area contributed by atoms with Gasteiger partial charge in [-0.2, -0.15) is 12.1 Å². The predicted octanol–water partition coefficient (Wildman–Crippen LogP) is 3.75. The topological polar surface area (TPSA) is 0 Å². The van der Waals surface area contributed by atoms with Crippen LogP contribution in [0, 0.1) is 11.2 Å².